The van der Waals surface area contributed by atoms with E-state index in [2.05, 4.69) is 27.8 Å². The number of hydrogen-bond acceptors (Lipinski definition) is 2. The summed E-state index contributed by atoms with van der Waals surface area (Å²) in [6.45, 7) is 0.157. The molecule has 3 rings (SSSR count). The van der Waals surface area contributed by atoms with Crippen LogP contribution in [0, 0.1) is 11.8 Å². The van der Waals surface area contributed by atoms with Gasteiger partial charge in [0.2, 0.25) is 0 Å². The van der Waals surface area contributed by atoms with Gasteiger partial charge in [-0.25, -0.2) is 4.79 Å². The molecule has 0 bridgehead atoms. The van der Waals surface area contributed by atoms with E-state index in [-0.39, 0.29) is 24.5 Å². The molecule has 0 saturated heterocycles. The molecule has 0 fully saturated rings. The predicted molar refractivity (Wildman–Crippen MR) is 118 cm³/mol. The number of amides is 3. The largest absolute Gasteiger partial charge is 0.355 e. The fourth-order valence-corrected chi connectivity index (χ4v) is 3.02. The second kappa shape index (κ2) is 10.5. The quantitative estimate of drug-likeness (QED) is 0.577. The van der Waals surface area contributed by atoms with Crippen LogP contribution in [-0.4, -0.2) is 25.5 Å². The molecule has 0 radical (unpaired) electrons. The molecule has 0 atom stereocenters. The number of urea groups is 1. The van der Waals surface area contributed by atoms with Gasteiger partial charge in [0, 0.05) is 12.6 Å². The molecular weight excluding hydrogens is 374 g/mol. The van der Waals surface area contributed by atoms with E-state index >= 15 is 0 Å². The molecule has 0 spiro atoms. The van der Waals surface area contributed by atoms with Gasteiger partial charge >= 0.3 is 6.03 Å². The lowest BCUT2D eigenvalue weighted by molar-refractivity contribution is 0.0963. The molecule has 150 valence electrons. The zero-order valence-electron chi connectivity index (χ0n) is 16.7. The number of carbonyl (C=O) groups is 2. The zero-order valence-corrected chi connectivity index (χ0v) is 16.7. The Labute approximate surface area is 176 Å². The average Bonchev–Trinajstić information content (AvgIpc) is 2.81. The van der Waals surface area contributed by atoms with Gasteiger partial charge in [0.15, 0.2) is 0 Å². The van der Waals surface area contributed by atoms with Crippen molar-refractivity contribution in [2.45, 2.75) is 6.04 Å². The topological polar surface area (TPSA) is 70.2 Å². The monoisotopic (exact) mass is 397 g/mol. The van der Waals surface area contributed by atoms with E-state index in [1.807, 2.05) is 66.7 Å². The Morgan fingerprint density at radius 1 is 0.833 bits per heavy atom. The van der Waals surface area contributed by atoms with Crippen LogP contribution in [0.2, 0.25) is 0 Å². The summed E-state index contributed by atoms with van der Waals surface area (Å²) in [6, 6.07) is 26.1. The number of carbonyl (C=O) groups excluding carboxylic acids is 2. The Bertz CT molecular complexity index is 1010. The third-order valence-corrected chi connectivity index (χ3v) is 4.50. The number of benzene rings is 3. The Morgan fingerprint density at radius 3 is 2.00 bits per heavy atom. The molecule has 0 aliphatic heterocycles. The normalized spacial score (nSPS) is 9.93. The van der Waals surface area contributed by atoms with Gasteiger partial charge in [0.1, 0.15) is 0 Å². The first-order valence-corrected chi connectivity index (χ1v) is 9.63. The minimum atomic E-state index is -0.318. The Hall–Kier alpha value is -4.04. The van der Waals surface area contributed by atoms with Crippen molar-refractivity contribution in [1.82, 2.24) is 16.0 Å². The van der Waals surface area contributed by atoms with Crippen LogP contribution in [0.4, 0.5) is 4.79 Å². The highest BCUT2D eigenvalue weighted by Crippen LogP contribution is 2.21. The van der Waals surface area contributed by atoms with Gasteiger partial charge in [-0.15, -0.1) is 0 Å². The van der Waals surface area contributed by atoms with Crippen LogP contribution in [0.15, 0.2) is 84.9 Å². The highest BCUT2D eigenvalue weighted by atomic mass is 16.2. The van der Waals surface area contributed by atoms with E-state index in [9.17, 15) is 9.59 Å². The first-order chi connectivity index (χ1) is 14.7. The molecule has 0 aliphatic rings. The first-order valence-electron chi connectivity index (χ1n) is 9.63. The minimum Gasteiger partial charge on any atom is -0.355 e. The molecule has 0 aliphatic carbocycles. The molecule has 0 saturated carbocycles. The zero-order chi connectivity index (χ0) is 21.2. The van der Waals surface area contributed by atoms with Crippen molar-refractivity contribution in [3.05, 3.63) is 107 Å². The summed E-state index contributed by atoms with van der Waals surface area (Å²) < 4.78 is 0. The molecule has 5 heteroatoms. The van der Waals surface area contributed by atoms with Crippen molar-refractivity contribution >= 4 is 11.9 Å². The maximum atomic E-state index is 12.5. The standard InChI is InChI=1S/C25H23N3O2/c1-26-24(29)22-17-9-8-11-19(22)16-10-18-27-25(30)28-23(20-12-4-2-5-13-20)21-14-6-3-7-15-21/h2-9,11-15,17,23H,18H2,1H3,(H,26,29)(H2,27,28,30). The van der Waals surface area contributed by atoms with Gasteiger partial charge in [0.25, 0.3) is 5.91 Å². The second-order valence-electron chi connectivity index (χ2n) is 6.51. The summed E-state index contributed by atoms with van der Waals surface area (Å²) in [7, 11) is 1.58. The van der Waals surface area contributed by atoms with Crippen LogP contribution < -0.4 is 16.0 Å². The summed E-state index contributed by atoms with van der Waals surface area (Å²) in [4.78, 5) is 24.4. The maximum absolute atomic E-state index is 12.5. The lowest BCUT2D eigenvalue weighted by Gasteiger charge is -2.19. The van der Waals surface area contributed by atoms with E-state index in [4.69, 9.17) is 0 Å². The number of hydrogen-bond donors (Lipinski definition) is 3. The van der Waals surface area contributed by atoms with Crippen LogP contribution in [0.3, 0.4) is 0 Å². The van der Waals surface area contributed by atoms with Crippen LogP contribution >= 0.6 is 0 Å². The molecule has 3 aromatic rings. The minimum absolute atomic E-state index is 0.157. The molecule has 30 heavy (non-hydrogen) atoms. The van der Waals surface area contributed by atoms with E-state index in [0.717, 1.165) is 11.1 Å². The lowest BCUT2D eigenvalue weighted by atomic mass is 9.99. The summed E-state index contributed by atoms with van der Waals surface area (Å²) in [6.07, 6.45) is 0. The van der Waals surface area contributed by atoms with Gasteiger partial charge < -0.3 is 16.0 Å². The summed E-state index contributed by atoms with van der Waals surface area (Å²) in [5, 5.41) is 8.36. The van der Waals surface area contributed by atoms with Crippen molar-refractivity contribution in [3.63, 3.8) is 0 Å². The molecule has 3 N–H and O–H groups in total. The summed E-state index contributed by atoms with van der Waals surface area (Å²) in [5.41, 5.74) is 3.10. The maximum Gasteiger partial charge on any atom is 0.316 e. The molecule has 5 nitrogen and oxygen atoms in total. The van der Waals surface area contributed by atoms with Gasteiger partial charge in [-0.1, -0.05) is 84.6 Å². The molecule has 3 amide bonds. The van der Waals surface area contributed by atoms with Gasteiger partial charge in [-0.3, -0.25) is 4.79 Å². The lowest BCUT2D eigenvalue weighted by Crippen LogP contribution is -2.38. The second-order valence-corrected chi connectivity index (χ2v) is 6.51. The highest BCUT2D eigenvalue weighted by molar-refractivity contribution is 5.96. The Morgan fingerprint density at radius 2 is 1.40 bits per heavy atom. The Kier molecular flexibility index (Phi) is 7.23. The van der Waals surface area contributed by atoms with E-state index < -0.39 is 0 Å². The van der Waals surface area contributed by atoms with Crippen molar-refractivity contribution in [2.24, 2.45) is 0 Å². The smallest absolute Gasteiger partial charge is 0.316 e. The number of nitrogens with one attached hydrogen (secondary N) is 3. The van der Waals surface area contributed by atoms with Crippen molar-refractivity contribution in [2.75, 3.05) is 13.6 Å². The molecule has 3 aromatic carbocycles. The van der Waals surface area contributed by atoms with Crippen molar-refractivity contribution in [3.8, 4) is 11.8 Å². The molecule has 0 aromatic heterocycles. The SMILES string of the molecule is CNC(=O)c1ccccc1C#CCNC(=O)NC(c1ccccc1)c1ccccc1. The fraction of sp³-hybridized carbons (Fsp3) is 0.120. The van der Waals surface area contributed by atoms with E-state index in [1.165, 1.54) is 0 Å². The van der Waals surface area contributed by atoms with E-state index in [1.54, 1.807) is 25.2 Å². The van der Waals surface area contributed by atoms with E-state index in [0.29, 0.717) is 11.1 Å². The van der Waals surface area contributed by atoms with Crippen LogP contribution in [-0.2, 0) is 0 Å². The Balaban J connectivity index is 1.66. The third-order valence-electron chi connectivity index (χ3n) is 4.50. The predicted octanol–water partition coefficient (Wildman–Crippen LogP) is 3.49. The summed E-state index contributed by atoms with van der Waals surface area (Å²) in [5.74, 6) is 5.65. The van der Waals surface area contributed by atoms with Crippen LogP contribution in [0.1, 0.15) is 33.1 Å². The first kappa shape index (κ1) is 20.7. The van der Waals surface area contributed by atoms with Gasteiger partial charge in [-0.05, 0) is 23.3 Å². The molecule has 0 heterocycles. The van der Waals surface area contributed by atoms with Gasteiger partial charge in [0.05, 0.1) is 18.2 Å². The van der Waals surface area contributed by atoms with Gasteiger partial charge in [-0.2, -0.15) is 0 Å². The van der Waals surface area contributed by atoms with Crippen molar-refractivity contribution < 1.29 is 9.59 Å². The van der Waals surface area contributed by atoms with Crippen LogP contribution in [0.25, 0.3) is 0 Å². The molecule has 0 unspecified atom stereocenters. The number of rotatable bonds is 5. The van der Waals surface area contributed by atoms with Crippen molar-refractivity contribution in [1.29, 1.82) is 0 Å². The fourth-order valence-electron chi connectivity index (χ4n) is 3.02. The third kappa shape index (κ3) is 5.49. The summed E-state index contributed by atoms with van der Waals surface area (Å²) >= 11 is 0. The molecular formula is C25H23N3O2. The highest BCUT2D eigenvalue weighted by Gasteiger charge is 2.16. The average molecular weight is 397 g/mol. The van der Waals surface area contributed by atoms with Crippen LogP contribution in [0.5, 0.6) is 0 Å².